The first-order chi connectivity index (χ1) is 10.7. The molecule has 1 amide bonds. The Hall–Kier alpha value is -2.02. The normalized spacial score (nSPS) is 16.5. The molecule has 116 valence electrons. The Morgan fingerprint density at radius 3 is 2.59 bits per heavy atom. The molecule has 2 aromatic rings. The van der Waals surface area contributed by atoms with Crippen LogP contribution in [0.2, 0.25) is 0 Å². The van der Waals surface area contributed by atoms with E-state index >= 15 is 0 Å². The van der Waals surface area contributed by atoms with E-state index in [2.05, 4.69) is 15.2 Å². The third kappa shape index (κ3) is 3.41. The molecule has 22 heavy (non-hydrogen) atoms. The summed E-state index contributed by atoms with van der Waals surface area (Å²) in [6.45, 7) is 1.66. The zero-order valence-electron chi connectivity index (χ0n) is 12.2. The fourth-order valence-corrected chi connectivity index (χ4v) is 3.59. The molecule has 1 aliphatic heterocycles. The minimum Gasteiger partial charge on any atom is -0.368 e. The lowest BCUT2D eigenvalue weighted by Crippen LogP contribution is -2.38. The van der Waals surface area contributed by atoms with Crippen LogP contribution in [0.3, 0.4) is 0 Å². The molecule has 0 saturated carbocycles. The maximum Gasteiger partial charge on any atom is 0.240 e. The molecule has 1 saturated heterocycles. The van der Waals surface area contributed by atoms with Crippen LogP contribution in [0.1, 0.15) is 30.1 Å². The third-order valence-corrected chi connectivity index (χ3v) is 4.80. The van der Waals surface area contributed by atoms with Crippen LogP contribution in [-0.2, 0) is 4.79 Å². The van der Waals surface area contributed by atoms with Crippen molar-refractivity contribution in [1.29, 1.82) is 0 Å². The van der Waals surface area contributed by atoms with Gasteiger partial charge in [0.05, 0.1) is 0 Å². The van der Waals surface area contributed by atoms with Gasteiger partial charge in [0, 0.05) is 13.1 Å². The lowest BCUT2D eigenvalue weighted by atomic mass is 10.1. The molecule has 0 unspecified atom stereocenters. The number of anilines is 1. The summed E-state index contributed by atoms with van der Waals surface area (Å²) < 4.78 is 0. The Bertz CT molecular complexity index is 624. The molecular formula is C15H19N5OS. The van der Waals surface area contributed by atoms with Crippen LogP contribution in [0.15, 0.2) is 35.5 Å². The Kier molecular flexibility index (Phi) is 4.62. The van der Waals surface area contributed by atoms with Crippen molar-refractivity contribution in [3.8, 4) is 0 Å². The molecule has 1 aromatic heterocycles. The Morgan fingerprint density at radius 2 is 1.95 bits per heavy atom. The number of carbonyl (C=O) groups excluding carboxylic acids is 1. The van der Waals surface area contributed by atoms with Crippen molar-refractivity contribution in [2.45, 2.75) is 29.7 Å². The zero-order valence-corrected chi connectivity index (χ0v) is 13.1. The molecule has 0 spiro atoms. The summed E-state index contributed by atoms with van der Waals surface area (Å²) in [5.74, 6) is 0.388. The van der Waals surface area contributed by atoms with Gasteiger partial charge in [0.2, 0.25) is 17.0 Å². The number of nitrogens with two attached hydrogens (primary N) is 1. The summed E-state index contributed by atoms with van der Waals surface area (Å²) in [5, 5.41) is 6.81. The Balaban J connectivity index is 1.83. The van der Waals surface area contributed by atoms with Crippen LogP contribution < -0.4 is 5.73 Å². The van der Waals surface area contributed by atoms with E-state index in [0.717, 1.165) is 31.5 Å². The average molecular weight is 317 g/mol. The van der Waals surface area contributed by atoms with E-state index < -0.39 is 0 Å². The predicted octanol–water partition coefficient (Wildman–Crippen LogP) is 2.23. The van der Waals surface area contributed by atoms with Crippen molar-refractivity contribution >= 4 is 23.6 Å². The topological polar surface area (TPSA) is 87.9 Å². The first-order valence-electron chi connectivity index (χ1n) is 7.42. The summed E-state index contributed by atoms with van der Waals surface area (Å²) in [4.78, 5) is 19.0. The van der Waals surface area contributed by atoms with Gasteiger partial charge < -0.3 is 10.6 Å². The van der Waals surface area contributed by atoms with Gasteiger partial charge in [-0.25, -0.2) is 5.10 Å². The van der Waals surface area contributed by atoms with Gasteiger partial charge in [0.1, 0.15) is 5.25 Å². The van der Waals surface area contributed by atoms with Crippen molar-refractivity contribution in [1.82, 2.24) is 20.1 Å². The highest BCUT2D eigenvalue weighted by Crippen LogP contribution is 2.35. The zero-order chi connectivity index (χ0) is 15.4. The minimum atomic E-state index is -0.338. The van der Waals surface area contributed by atoms with Crippen LogP contribution in [0, 0.1) is 0 Å². The molecule has 7 heteroatoms. The molecule has 0 bridgehead atoms. The van der Waals surface area contributed by atoms with Crippen LogP contribution >= 0.6 is 11.8 Å². The number of rotatable bonds is 4. The number of hydrogen-bond donors (Lipinski definition) is 2. The van der Waals surface area contributed by atoms with Crippen molar-refractivity contribution in [2.75, 3.05) is 18.8 Å². The highest BCUT2D eigenvalue weighted by Gasteiger charge is 2.29. The second kappa shape index (κ2) is 6.83. The van der Waals surface area contributed by atoms with Crippen molar-refractivity contribution < 1.29 is 4.79 Å². The van der Waals surface area contributed by atoms with Gasteiger partial charge in [0.15, 0.2) is 0 Å². The first kappa shape index (κ1) is 14.9. The number of likely N-dealkylation sites (tertiary alicyclic amines) is 1. The fraction of sp³-hybridized carbons (Fsp3) is 0.400. The van der Waals surface area contributed by atoms with Gasteiger partial charge in [-0.2, -0.15) is 4.98 Å². The smallest absolute Gasteiger partial charge is 0.240 e. The molecule has 1 fully saturated rings. The van der Waals surface area contributed by atoms with E-state index in [9.17, 15) is 4.79 Å². The summed E-state index contributed by atoms with van der Waals surface area (Å²) >= 11 is 1.34. The molecule has 1 aliphatic rings. The van der Waals surface area contributed by atoms with E-state index in [4.69, 9.17) is 5.73 Å². The van der Waals surface area contributed by atoms with Crippen LogP contribution in [-0.4, -0.2) is 39.1 Å². The van der Waals surface area contributed by atoms with Gasteiger partial charge in [0.25, 0.3) is 0 Å². The fourth-order valence-electron chi connectivity index (χ4n) is 2.59. The highest BCUT2D eigenvalue weighted by atomic mass is 32.2. The van der Waals surface area contributed by atoms with Gasteiger partial charge in [-0.3, -0.25) is 4.79 Å². The highest BCUT2D eigenvalue weighted by molar-refractivity contribution is 8.00. The number of piperidine rings is 1. The number of nitrogen functional groups attached to an aromatic ring is 1. The van der Waals surface area contributed by atoms with Crippen molar-refractivity contribution in [2.24, 2.45) is 0 Å². The lowest BCUT2D eigenvalue weighted by molar-refractivity contribution is -0.131. The number of nitrogens with zero attached hydrogens (tertiary/aromatic N) is 3. The SMILES string of the molecule is Nc1nc(S[C@@H](C(=O)N2CCCCC2)c2ccccc2)n[nH]1. The number of aromatic nitrogens is 3. The van der Waals surface area contributed by atoms with E-state index in [0.29, 0.717) is 5.16 Å². The van der Waals surface area contributed by atoms with E-state index in [1.807, 2.05) is 35.2 Å². The standard InChI is InChI=1S/C15H19N5OS/c16-14-17-15(19-18-14)22-12(11-7-3-1-4-8-11)13(21)20-9-5-2-6-10-20/h1,3-4,7-8,12H,2,5-6,9-10H2,(H3,16,17,18,19)/t12-/m1/s1. The number of H-pyrrole nitrogens is 1. The van der Waals surface area contributed by atoms with E-state index in [-0.39, 0.29) is 17.1 Å². The van der Waals surface area contributed by atoms with Crippen LogP contribution in [0.25, 0.3) is 0 Å². The second-order valence-corrected chi connectivity index (χ2v) is 6.37. The third-order valence-electron chi connectivity index (χ3n) is 3.70. The van der Waals surface area contributed by atoms with Crippen LogP contribution in [0.4, 0.5) is 5.95 Å². The molecule has 3 rings (SSSR count). The molecular weight excluding hydrogens is 298 g/mol. The molecule has 1 aromatic carbocycles. The quantitative estimate of drug-likeness (QED) is 0.844. The number of carbonyl (C=O) groups is 1. The van der Waals surface area contributed by atoms with Gasteiger partial charge in [-0.1, -0.05) is 42.1 Å². The Labute approximate surface area is 133 Å². The summed E-state index contributed by atoms with van der Waals surface area (Å²) in [6.07, 6.45) is 3.35. The molecule has 3 N–H and O–H groups in total. The van der Waals surface area contributed by atoms with Gasteiger partial charge in [-0.05, 0) is 24.8 Å². The van der Waals surface area contributed by atoms with Crippen molar-refractivity contribution in [3.05, 3.63) is 35.9 Å². The van der Waals surface area contributed by atoms with Gasteiger partial charge >= 0.3 is 0 Å². The molecule has 0 aliphatic carbocycles. The molecule has 2 heterocycles. The summed E-state index contributed by atoms with van der Waals surface area (Å²) in [6, 6.07) is 9.77. The van der Waals surface area contributed by atoms with Gasteiger partial charge in [-0.15, -0.1) is 5.10 Å². The molecule has 6 nitrogen and oxygen atoms in total. The minimum absolute atomic E-state index is 0.124. The number of amides is 1. The Morgan fingerprint density at radius 1 is 1.23 bits per heavy atom. The monoisotopic (exact) mass is 317 g/mol. The average Bonchev–Trinajstić information content (AvgIpc) is 2.99. The molecule has 1 atom stereocenters. The molecule has 0 radical (unpaired) electrons. The number of thioether (sulfide) groups is 1. The van der Waals surface area contributed by atoms with Crippen LogP contribution in [0.5, 0.6) is 0 Å². The predicted molar refractivity (Wildman–Crippen MR) is 86.3 cm³/mol. The number of hydrogen-bond acceptors (Lipinski definition) is 5. The largest absolute Gasteiger partial charge is 0.368 e. The maximum atomic E-state index is 12.9. The number of aromatic amines is 1. The maximum absolute atomic E-state index is 12.9. The summed E-state index contributed by atoms with van der Waals surface area (Å²) in [5.41, 5.74) is 6.54. The number of nitrogens with one attached hydrogen (secondary N) is 1. The van der Waals surface area contributed by atoms with E-state index in [1.54, 1.807) is 0 Å². The first-order valence-corrected chi connectivity index (χ1v) is 8.30. The van der Waals surface area contributed by atoms with E-state index in [1.165, 1.54) is 18.2 Å². The summed E-state index contributed by atoms with van der Waals surface area (Å²) in [7, 11) is 0. The second-order valence-electron chi connectivity index (χ2n) is 5.30. The number of benzene rings is 1. The lowest BCUT2D eigenvalue weighted by Gasteiger charge is -2.30. The van der Waals surface area contributed by atoms with Crippen molar-refractivity contribution in [3.63, 3.8) is 0 Å².